The lowest BCUT2D eigenvalue weighted by Gasteiger charge is -2.13. The molecule has 0 amide bonds. The molecule has 0 radical (unpaired) electrons. The number of benzene rings is 1. The summed E-state index contributed by atoms with van der Waals surface area (Å²) in [6.07, 6.45) is 4.00. The van der Waals surface area contributed by atoms with Crippen molar-refractivity contribution >= 4 is 11.8 Å². The first kappa shape index (κ1) is 12.0. The molecule has 0 aromatic heterocycles. The van der Waals surface area contributed by atoms with Gasteiger partial charge in [0.05, 0.1) is 0 Å². The van der Waals surface area contributed by atoms with Crippen LogP contribution in [0.25, 0.3) is 0 Å². The molecule has 2 atom stereocenters. The smallest absolute Gasteiger partial charge is 0.0110 e. The van der Waals surface area contributed by atoms with Crippen LogP contribution in [0.1, 0.15) is 30.4 Å². The van der Waals surface area contributed by atoms with Crippen molar-refractivity contribution in [2.24, 2.45) is 0 Å². The summed E-state index contributed by atoms with van der Waals surface area (Å²) in [6.45, 7) is 4.39. The average molecular weight is 235 g/mol. The van der Waals surface area contributed by atoms with Crippen LogP contribution in [-0.2, 0) is 0 Å². The Labute approximate surface area is 103 Å². The zero-order chi connectivity index (χ0) is 11.5. The van der Waals surface area contributed by atoms with E-state index in [0.717, 1.165) is 11.3 Å². The number of hydrogen-bond donors (Lipinski definition) is 1. The second kappa shape index (κ2) is 5.24. The quantitative estimate of drug-likeness (QED) is 0.860. The molecule has 1 N–H and O–H groups in total. The minimum atomic E-state index is 0.739. The summed E-state index contributed by atoms with van der Waals surface area (Å²) in [5.74, 6) is 0. The third kappa shape index (κ3) is 2.80. The van der Waals surface area contributed by atoms with Crippen LogP contribution in [0.3, 0.4) is 0 Å². The molecule has 1 nitrogen and oxygen atoms in total. The molecular formula is C14H21NS. The Morgan fingerprint density at radius 1 is 1.25 bits per heavy atom. The molecule has 1 aromatic rings. The van der Waals surface area contributed by atoms with Gasteiger partial charge < -0.3 is 5.32 Å². The van der Waals surface area contributed by atoms with Crippen LogP contribution in [0.4, 0.5) is 0 Å². The Morgan fingerprint density at radius 2 is 2.06 bits per heavy atom. The lowest BCUT2D eigenvalue weighted by molar-refractivity contribution is 0.583. The minimum Gasteiger partial charge on any atom is -0.317 e. The molecular weight excluding hydrogens is 214 g/mol. The third-order valence-electron chi connectivity index (χ3n) is 3.43. The lowest BCUT2D eigenvalue weighted by atomic mass is 10.2. The number of thioether (sulfide) groups is 1. The fraction of sp³-hybridized carbons (Fsp3) is 0.571. The van der Waals surface area contributed by atoms with Crippen LogP contribution < -0.4 is 5.32 Å². The average Bonchev–Trinajstić information content (AvgIpc) is 2.71. The van der Waals surface area contributed by atoms with Crippen LogP contribution in [-0.4, -0.2) is 18.3 Å². The Hall–Kier alpha value is -0.470. The first-order valence-electron chi connectivity index (χ1n) is 6.10. The largest absolute Gasteiger partial charge is 0.317 e. The van der Waals surface area contributed by atoms with Gasteiger partial charge in [-0.15, -0.1) is 11.8 Å². The topological polar surface area (TPSA) is 12.0 Å². The highest BCUT2D eigenvalue weighted by Gasteiger charge is 2.24. The van der Waals surface area contributed by atoms with E-state index in [4.69, 9.17) is 0 Å². The molecule has 0 bridgehead atoms. The number of nitrogens with one attached hydrogen (secondary N) is 1. The summed E-state index contributed by atoms with van der Waals surface area (Å²) in [7, 11) is 2.08. The van der Waals surface area contributed by atoms with Crippen LogP contribution >= 0.6 is 11.8 Å². The molecule has 1 aliphatic carbocycles. The van der Waals surface area contributed by atoms with Crippen LogP contribution in [0, 0.1) is 13.8 Å². The van der Waals surface area contributed by atoms with Gasteiger partial charge in [0.25, 0.3) is 0 Å². The molecule has 1 aromatic carbocycles. The van der Waals surface area contributed by atoms with Crippen molar-refractivity contribution in [3.8, 4) is 0 Å². The van der Waals surface area contributed by atoms with E-state index in [1.54, 1.807) is 0 Å². The predicted octanol–water partition coefficient (Wildman–Crippen LogP) is 3.54. The maximum atomic E-state index is 3.39. The molecule has 0 saturated heterocycles. The molecule has 1 saturated carbocycles. The number of aryl methyl sites for hydroxylation is 2. The van der Waals surface area contributed by atoms with E-state index >= 15 is 0 Å². The van der Waals surface area contributed by atoms with Gasteiger partial charge >= 0.3 is 0 Å². The summed E-state index contributed by atoms with van der Waals surface area (Å²) in [5.41, 5.74) is 2.79. The number of rotatable bonds is 3. The highest BCUT2D eigenvalue weighted by molar-refractivity contribution is 8.00. The van der Waals surface area contributed by atoms with Gasteiger partial charge in [-0.3, -0.25) is 0 Å². The van der Waals surface area contributed by atoms with Crippen molar-refractivity contribution in [2.45, 2.75) is 49.3 Å². The predicted molar refractivity (Wildman–Crippen MR) is 72.3 cm³/mol. The summed E-state index contributed by atoms with van der Waals surface area (Å²) in [4.78, 5) is 1.47. The third-order valence-corrected chi connectivity index (χ3v) is 4.89. The highest BCUT2D eigenvalue weighted by atomic mass is 32.2. The Balaban J connectivity index is 2.01. The fourth-order valence-electron chi connectivity index (χ4n) is 2.32. The zero-order valence-corrected chi connectivity index (χ0v) is 11.2. The second-order valence-corrected chi connectivity index (χ2v) is 6.15. The molecule has 88 valence electrons. The zero-order valence-electron chi connectivity index (χ0n) is 10.4. The van der Waals surface area contributed by atoms with Crippen molar-refractivity contribution in [1.82, 2.24) is 5.32 Å². The second-order valence-electron chi connectivity index (χ2n) is 4.81. The molecule has 2 unspecified atom stereocenters. The molecule has 2 heteroatoms. The van der Waals surface area contributed by atoms with E-state index in [1.807, 2.05) is 0 Å². The van der Waals surface area contributed by atoms with Crippen molar-refractivity contribution < 1.29 is 0 Å². The van der Waals surface area contributed by atoms with E-state index < -0.39 is 0 Å². The molecule has 1 aliphatic rings. The molecule has 0 aliphatic heterocycles. The Morgan fingerprint density at radius 3 is 2.75 bits per heavy atom. The van der Waals surface area contributed by atoms with Gasteiger partial charge in [-0.2, -0.15) is 0 Å². The normalized spacial score (nSPS) is 24.9. The molecule has 2 rings (SSSR count). The van der Waals surface area contributed by atoms with Crippen molar-refractivity contribution in [2.75, 3.05) is 7.05 Å². The van der Waals surface area contributed by atoms with Gasteiger partial charge in [0.2, 0.25) is 0 Å². The maximum Gasteiger partial charge on any atom is 0.0110 e. The van der Waals surface area contributed by atoms with Gasteiger partial charge in [-0.05, 0) is 51.8 Å². The van der Waals surface area contributed by atoms with Crippen LogP contribution in [0.2, 0.25) is 0 Å². The summed E-state index contributed by atoms with van der Waals surface area (Å²) in [6, 6.07) is 7.50. The van der Waals surface area contributed by atoms with Crippen LogP contribution in [0.15, 0.2) is 23.1 Å². The summed E-state index contributed by atoms with van der Waals surface area (Å²) in [5, 5.41) is 4.20. The maximum absolute atomic E-state index is 3.39. The van der Waals surface area contributed by atoms with E-state index in [0.29, 0.717) is 0 Å². The first-order chi connectivity index (χ1) is 7.69. The SMILES string of the molecule is CNC1CCC(Sc2cc(C)ccc2C)C1. The highest BCUT2D eigenvalue weighted by Crippen LogP contribution is 2.36. The van der Waals surface area contributed by atoms with Crippen molar-refractivity contribution in [3.05, 3.63) is 29.3 Å². The monoisotopic (exact) mass is 235 g/mol. The van der Waals surface area contributed by atoms with E-state index in [-0.39, 0.29) is 0 Å². The standard InChI is InChI=1S/C14H21NS/c1-10-4-5-11(2)14(8-10)16-13-7-6-12(9-13)15-3/h4-5,8,12-13,15H,6-7,9H2,1-3H3. The fourth-order valence-corrected chi connectivity index (χ4v) is 3.77. The summed E-state index contributed by atoms with van der Waals surface area (Å²) >= 11 is 2.07. The van der Waals surface area contributed by atoms with Crippen molar-refractivity contribution in [1.29, 1.82) is 0 Å². The molecule has 0 spiro atoms. The first-order valence-corrected chi connectivity index (χ1v) is 6.98. The van der Waals surface area contributed by atoms with Gasteiger partial charge in [0.1, 0.15) is 0 Å². The van der Waals surface area contributed by atoms with E-state index in [2.05, 4.69) is 56.2 Å². The Kier molecular flexibility index (Phi) is 3.93. The van der Waals surface area contributed by atoms with Gasteiger partial charge in [-0.1, -0.05) is 17.7 Å². The van der Waals surface area contributed by atoms with Gasteiger partial charge in [0, 0.05) is 16.2 Å². The molecule has 16 heavy (non-hydrogen) atoms. The van der Waals surface area contributed by atoms with Crippen LogP contribution in [0.5, 0.6) is 0 Å². The van der Waals surface area contributed by atoms with E-state index in [1.165, 1.54) is 35.3 Å². The van der Waals surface area contributed by atoms with Gasteiger partial charge in [0.15, 0.2) is 0 Å². The molecule has 1 fully saturated rings. The minimum absolute atomic E-state index is 0.739. The lowest BCUT2D eigenvalue weighted by Crippen LogP contribution is -2.21. The summed E-state index contributed by atoms with van der Waals surface area (Å²) < 4.78 is 0. The van der Waals surface area contributed by atoms with Gasteiger partial charge in [-0.25, -0.2) is 0 Å². The molecule has 0 heterocycles. The number of hydrogen-bond acceptors (Lipinski definition) is 2. The van der Waals surface area contributed by atoms with Crippen molar-refractivity contribution in [3.63, 3.8) is 0 Å². The Bertz CT molecular complexity index is 362. The van der Waals surface area contributed by atoms with E-state index in [9.17, 15) is 0 Å².